The van der Waals surface area contributed by atoms with Crippen molar-refractivity contribution in [3.63, 3.8) is 0 Å². The van der Waals surface area contributed by atoms with Gasteiger partial charge in [0.15, 0.2) is 0 Å². The second kappa shape index (κ2) is 2.76. The number of hydrogen-bond donors (Lipinski definition) is 4. The summed E-state index contributed by atoms with van der Waals surface area (Å²) < 4.78 is 0. The van der Waals surface area contributed by atoms with Gasteiger partial charge in [-0.15, -0.1) is 0 Å². The van der Waals surface area contributed by atoms with Gasteiger partial charge in [-0.2, -0.15) is 5.10 Å². The third kappa shape index (κ3) is 1.26. The Kier molecular flexibility index (Phi) is 1.71. The van der Waals surface area contributed by atoms with Crippen molar-refractivity contribution in [1.29, 1.82) is 0 Å². The fraction of sp³-hybridized carbons (Fsp3) is 0. The Morgan fingerprint density at radius 3 is 2.85 bits per heavy atom. The third-order valence-electron chi connectivity index (χ3n) is 1.91. The second-order valence-corrected chi connectivity index (χ2v) is 2.82. The lowest BCUT2D eigenvalue weighted by Gasteiger charge is -2.01. The highest BCUT2D eigenvalue weighted by molar-refractivity contribution is 6.59. The minimum absolute atomic E-state index is 0.356. The van der Waals surface area contributed by atoms with Crippen molar-refractivity contribution < 1.29 is 10.0 Å². The van der Waals surface area contributed by atoms with Crippen LogP contribution in [0.3, 0.4) is 0 Å². The quantitative estimate of drug-likeness (QED) is 0.326. The van der Waals surface area contributed by atoms with Crippen LogP contribution in [0.25, 0.3) is 10.9 Å². The number of aromatic nitrogens is 2. The zero-order valence-electron chi connectivity index (χ0n) is 6.73. The summed E-state index contributed by atoms with van der Waals surface area (Å²) in [5.41, 5.74) is 7.19. The van der Waals surface area contributed by atoms with Crippen molar-refractivity contribution in [1.82, 2.24) is 10.2 Å². The van der Waals surface area contributed by atoms with E-state index in [2.05, 4.69) is 10.2 Å². The number of nitrogen functional groups attached to an aromatic ring is 1. The maximum absolute atomic E-state index is 8.91. The lowest BCUT2D eigenvalue weighted by molar-refractivity contribution is 0.426. The van der Waals surface area contributed by atoms with E-state index in [1.54, 1.807) is 12.3 Å². The Balaban J connectivity index is 2.70. The molecule has 2 aromatic rings. The molecule has 0 bridgehead atoms. The van der Waals surface area contributed by atoms with E-state index in [0.717, 1.165) is 5.39 Å². The highest BCUT2D eigenvalue weighted by Crippen LogP contribution is 2.16. The summed E-state index contributed by atoms with van der Waals surface area (Å²) in [4.78, 5) is 0. The molecule has 5 N–H and O–H groups in total. The van der Waals surface area contributed by atoms with Crippen molar-refractivity contribution in [3.8, 4) is 0 Å². The number of anilines is 1. The summed E-state index contributed by atoms with van der Waals surface area (Å²) in [6.07, 6.45) is 1.60. The first-order valence-electron chi connectivity index (χ1n) is 3.77. The molecule has 5 nitrogen and oxygen atoms in total. The lowest BCUT2D eigenvalue weighted by atomic mass is 9.80. The Bertz CT molecular complexity index is 440. The number of nitrogens with two attached hydrogens (primary N) is 1. The topological polar surface area (TPSA) is 95.2 Å². The number of fused-ring (bicyclic) bond motifs is 1. The summed E-state index contributed by atoms with van der Waals surface area (Å²) in [6.45, 7) is 0. The smallest absolute Gasteiger partial charge is 0.423 e. The van der Waals surface area contributed by atoms with Gasteiger partial charge in [-0.3, -0.25) is 5.10 Å². The number of nitrogens with one attached hydrogen (secondary N) is 1. The molecule has 0 amide bonds. The van der Waals surface area contributed by atoms with Gasteiger partial charge in [0.1, 0.15) is 0 Å². The van der Waals surface area contributed by atoms with Crippen LogP contribution in [0, 0.1) is 0 Å². The molecule has 0 aliphatic rings. The van der Waals surface area contributed by atoms with Crippen LogP contribution in [0.2, 0.25) is 0 Å². The number of hydrogen-bond acceptors (Lipinski definition) is 4. The Hall–Kier alpha value is -1.53. The number of nitrogens with zero attached hydrogens (tertiary/aromatic N) is 1. The van der Waals surface area contributed by atoms with Crippen molar-refractivity contribution in [3.05, 3.63) is 18.3 Å². The largest absolute Gasteiger partial charge is 0.488 e. The summed E-state index contributed by atoms with van der Waals surface area (Å²) in [5.74, 6) is 0. The SMILES string of the molecule is Nc1cc(B(O)O)cc2[nH]ncc12. The number of aromatic amines is 1. The highest BCUT2D eigenvalue weighted by Gasteiger charge is 2.13. The van der Waals surface area contributed by atoms with Crippen LogP contribution in [0.4, 0.5) is 5.69 Å². The zero-order chi connectivity index (χ0) is 9.42. The number of rotatable bonds is 1. The summed E-state index contributed by atoms with van der Waals surface area (Å²) in [7, 11) is -1.50. The monoisotopic (exact) mass is 177 g/mol. The second-order valence-electron chi connectivity index (χ2n) is 2.82. The molecule has 1 heterocycles. The van der Waals surface area contributed by atoms with Crippen LogP contribution in [-0.2, 0) is 0 Å². The standard InChI is InChI=1S/C7H8BN3O2/c9-6-1-4(8(12)13)2-7-5(6)3-10-11-7/h1-3,12-13H,9H2,(H,10,11). The summed E-state index contributed by atoms with van der Waals surface area (Å²) >= 11 is 0. The molecule has 0 saturated carbocycles. The molecule has 0 unspecified atom stereocenters. The van der Waals surface area contributed by atoms with Crippen LogP contribution in [0.15, 0.2) is 18.3 Å². The maximum atomic E-state index is 8.91. The predicted octanol–water partition coefficient (Wildman–Crippen LogP) is -1.18. The molecular formula is C7H8BN3O2. The molecule has 0 radical (unpaired) electrons. The van der Waals surface area contributed by atoms with Gasteiger partial charge < -0.3 is 15.8 Å². The molecule has 13 heavy (non-hydrogen) atoms. The van der Waals surface area contributed by atoms with Crippen molar-refractivity contribution >= 4 is 29.2 Å². The molecule has 6 heteroatoms. The summed E-state index contributed by atoms with van der Waals surface area (Å²) in [5, 5.41) is 25.1. The average Bonchev–Trinajstić information content (AvgIpc) is 2.51. The van der Waals surface area contributed by atoms with E-state index in [-0.39, 0.29) is 0 Å². The molecule has 1 aromatic carbocycles. The molecule has 0 atom stereocenters. The highest BCUT2D eigenvalue weighted by atomic mass is 16.4. The van der Waals surface area contributed by atoms with Crippen molar-refractivity contribution in [2.75, 3.05) is 5.73 Å². The van der Waals surface area contributed by atoms with Gasteiger partial charge in [0.25, 0.3) is 0 Å². The first-order chi connectivity index (χ1) is 6.18. The Labute approximate surface area is 74.3 Å². The normalized spacial score (nSPS) is 10.6. The molecule has 66 valence electrons. The van der Waals surface area contributed by atoms with Crippen LogP contribution in [0.5, 0.6) is 0 Å². The fourth-order valence-electron chi connectivity index (χ4n) is 1.25. The van der Waals surface area contributed by atoms with E-state index >= 15 is 0 Å². The minimum atomic E-state index is -1.50. The molecule has 1 aromatic heterocycles. The van der Waals surface area contributed by atoms with Crippen LogP contribution in [-0.4, -0.2) is 27.4 Å². The fourth-order valence-corrected chi connectivity index (χ4v) is 1.25. The van der Waals surface area contributed by atoms with E-state index in [4.69, 9.17) is 15.8 Å². The van der Waals surface area contributed by atoms with Crippen LogP contribution in [0.1, 0.15) is 0 Å². The van der Waals surface area contributed by atoms with Gasteiger partial charge in [0, 0.05) is 11.1 Å². The van der Waals surface area contributed by atoms with E-state index in [1.807, 2.05) is 0 Å². The molecule has 0 aliphatic heterocycles. The Morgan fingerprint density at radius 1 is 1.38 bits per heavy atom. The molecule has 0 aliphatic carbocycles. The van der Waals surface area contributed by atoms with Gasteiger partial charge in [0.2, 0.25) is 0 Å². The molecule has 2 rings (SSSR count). The van der Waals surface area contributed by atoms with Crippen LogP contribution < -0.4 is 11.2 Å². The van der Waals surface area contributed by atoms with E-state index in [9.17, 15) is 0 Å². The van der Waals surface area contributed by atoms with E-state index in [1.165, 1.54) is 6.07 Å². The molecule has 0 spiro atoms. The zero-order valence-corrected chi connectivity index (χ0v) is 6.73. The summed E-state index contributed by atoms with van der Waals surface area (Å²) in [6, 6.07) is 3.12. The van der Waals surface area contributed by atoms with E-state index in [0.29, 0.717) is 16.7 Å². The maximum Gasteiger partial charge on any atom is 0.488 e. The molecular weight excluding hydrogens is 169 g/mol. The number of benzene rings is 1. The first kappa shape index (κ1) is 8.09. The lowest BCUT2D eigenvalue weighted by Crippen LogP contribution is -2.29. The van der Waals surface area contributed by atoms with Gasteiger partial charge >= 0.3 is 7.12 Å². The molecule has 0 saturated heterocycles. The van der Waals surface area contributed by atoms with Gasteiger partial charge in [0.05, 0.1) is 11.7 Å². The van der Waals surface area contributed by atoms with E-state index < -0.39 is 7.12 Å². The Morgan fingerprint density at radius 2 is 2.15 bits per heavy atom. The third-order valence-corrected chi connectivity index (χ3v) is 1.91. The molecule has 0 fully saturated rings. The predicted molar refractivity (Wildman–Crippen MR) is 50.3 cm³/mol. The van der Waals surface area contributed by atoms with Crippen LogP contribution >= 0.6 is 0 Å². The average molecular weight is 177 g/mol. The van der Waals surface area contributed by atoms with Gasteiger partial charge in [-0.1, -0.05) is 0 Å². The van der Waals surface area contributed by atoms with Gasteiger partial charge in [-0.25, -0.2) is 0 Å². The minimum Gasteiger partial charge on any atom is -0.423 e. The van der Waals surface area contributed by atoms with Crippen molar-refractivity contribution in [2.45, 2.75) is 0 Å². The first-order valence-corrected chi connectivity index (χ1v) is 3.77. The van der Waals surface area contributed by atoms with Gasteiger partial charge in [-0.05, 0) is 17.6 Å². The van der Waals surface area contributed by atoms with Crippen molar-refractivity contribution in [2.24, 2.45) is 0 Å². The number of H-pyrrole nitrogens is 1.